The summed E-state index contributed by atoms with van der Waals surface area (Å²) < 4.78 is 73.3. The number of nitro benzene ring substituents is 1. The number of hydrogen-bond acceptors (Lipinski definition) is 13. The molecule has 4 atom stereocenters. The number of non-ortho nitro benzene ring substituents is 1. The fourth-order valence-electron chi connectivity index (χ4n) is 4.77. The van der Waals surface area contributed by atoms with Crippen molar-refractivity contribution in [2.45, 2.75) is 38.4 Å². The van der Waals surface area contributed by atoms with Gasteiger partial charge in [0.1, 0.15) is 12.9 Å². The van der Waals surface area contributed by atoms with E-state index in [0.29, 0.717) is 4.90 Å². The SMILES string of the molecule is CC(CC(=O)Cn1cnnn1)[C@H]1C(=O)N2C(C(=O)OC(=O)c3ccc([N+](=O)[O-])cc3)=C(OS(=O)(=O)C(F)(F)F)[C@H](C)[C@H]12. The first-order valence-electron chi connectivity index (χ1n) is 11.8. The molecule has 0 spiro atoms. The average molecular weight is 616 g/mol. The summed E-state index contributed by atoms with van der Waals surface area (Å²) in [5.74, 6) is -8.54. The van der Waals surface area contributed by atoms with E-state index in [2.05, 4.69) is 24.4 Å². The predicted molar refractivity (Wildman–Crippen MR) is 126 cm³/mol. The molecule has 20 heteroatoms. The highest BCUT2D eigenvalue weighted by atomic mass is 32.2. The summed E-state index contributed by atoms with van der Waals surface area (Å²) in [5.41, 5.74) is -7.71. The van der Waals surface area contributed by atoms with Crippen LogP contribution >= 0.6 is 0 Å². The second-order valence-corrected chi connectivity index (χ2v) is 11.0. The molecule has 1 saturated heterocycles. The Kier molecular flexibility index (Phi) is 7.85. The molecule has 0 radical (unpaired) electrons. The van der Waals surface area contributed by atoms with E-state index < -0.39 is 85.1 Å². The van der Waals surface area contributed by atoms with Crippen LogP contribution in [0.1, 0.15) is 30.6 Å². The van der Waals surface area contributed by atoms with E-state index >= 15 is 0 Å². The van der Waals surface area contributed by atoms with Gasteiger partial charge in [0.05, 0.1) is 22.4 Å². The van der Waals surface area contributed by atoms with Crippen LogP contribution in [0.25, 0.3) is 0 Å². The number of carbonyl (C=O) groups is 4. The van der Waals surface area contributed by atoms with Crippen LogP contribution in [0.15, 0.2) is 42.0 Å². The number of alkyl halides is 3. The van der Waals surface area contributed by atoms with Gasteiger partial charge in [-0.25, -0.2) is 14.3 Å². The lowest BCUT2D eigenvalue weighted by atomic mass is 9.73. The summed E-state index contributed by atoms with van der Waals surface area (Å²) >= 11 is 0. The number of rotatable bonds is 10. The lowest BCUT2D eigenvalue weighted by Crippen LogP contribution is -2.62. The van der Waals surface area contributed by atoms with Crippen molar-refractivity contribution in [1.82, 2.24) is 25.1 Å². The second kappa shape index (κ2) is 10.9. The molecule has 1 fully saturated rings. The van der Waals surface area contributed by atoms with Crippen molar-refractivity contribution in [2.24, 2.45) is 17.8 Å². The minimum absolute atomic E-state index is 0.206. The van der Waals surface area contributed by atoms with Crippen molar-refractivity contribution in [1.29, 1.82) is 0 Å². The van der Waals surface area contributed by atoms with Gasteiger partial charge in [0.25, 0.3) is 5.69 Å². The molecule has 3 heterocycles. The fourth-order valence-corrected chi connectivity index (χ4v) is 5.33. The minimum Gasteiger partial charge on any atom is -0.384 e. The number of β-lactam (4-membered cyclic amide) rings is 1. The van der Waals surface area contributed by atoms with Crippen LogP contribution < -0.4 is 0 Å². The molecule has 16 nitrogen and oxygen atoms in total. The maximum Gasteiger partial charge on any atom is 0.534 e. The van der Waals surface area contributed by atoms with E-state index in [0.717, 1.165) is 28.9 Å². The van der Waals surface area contributed by atoms with Crippen molar-refractivity contribution >= 4 is 39.4 Å². The van der Waals surface area contributed by atoms with Crippen LogP contribution in [0.2, 0.25) is 0 Å². The van der Waals surface area contributed by atoms with E-state index in [-0.39, 0.29) is 18.5 Å². The van der Waals surface area contributed by atoms with E-state index in [4.69, 9.17) is 0 Å². The number of aromatic nitrogens is 4. The number of amides is 1. The van der Waals surface area contributed by atoms with Crippen LogP contribution in [0.4, 0.5) is 18.9 Å². The van der Waals surface area contributed by atoms with Gasteiger partial charge in [0.2, 0.25) is 5.91 Å². The third-order valence-electron chi connectivity index (χ3n) is 6.66. The number of ketones is 1. The summed E-state index contributed by atoms with van der Waals surface area (Å²) in [6.07, 6.45) is 0.977. The van der Waals surface area contributed by atoms with Crippen LogP contribution in [-0.2, 0) is 40.0 Å². The molecule has 2 aromatic rings. The highest BCUT2D eigenvalue weighted by Gasteiger charge is 2.63. The van der Waals surface area contributed by atoms with Crippen LogP contribution in [0.3, 0.4) is 0 Å². The molecule has 1 aromatic heterocycles. The van der Waals surface area contributed by atoms with Crippen LogP contribution in [0.5, 0.6) is 0 Å². The van der Waals surface area contributed by atoms with Crippen molar-refractivity contribution < 1.29 is 54.6 Å². The van der Waals surface area contributed by atoms with Gasteiger partial charge in [-0.05, 0) is 28.5 Å². The number of Topliss-reactive ketones (excluding diaryl/α,β-unsaturated/α-hetero) is 1. The maximum absolute atomic E-state index is 13.2. The van der Waals surface area contributed by atoms with Crippen LogP contribution in [0, 0.1) is 27.9 Å². The molecule has 1 unspecified atom stereocenters. The van der Waals surface area contributed by atoms with Crippen molar-refractivity contribution in [2.75, 3.05) is 0 Å². The lowest BCUT2D eigenvalue weighted by Gasteiger charge is -2.47. The van der Waals surface area contributed by atoms with Gasteiger partial charge in [-0.15, -0.1) is 5.10 Å². The molecule has 0 saturated carbocycles. The molecule has 2 aliphatic rings. The molecule has 2 aliphatic heterocycles. The molecule has 1 aromatic carbocycles. The molecule has 1 amide bonds. The quantitative estimate of drug-likeness (QED) is 0.0697. The van der Waals surface area contributed by atoms with Gasteiger partial charge in [-0.2, -0.15) is 21.6 Å². The zero-order chi connectivity index (χ0) is 31.1. The lowest BCUT2D eigenvalue weighted by molar-refractivity contribution is -0.384. The number of tetrazole rings is 1. The zero-order valence-electron chi connectivity index (χ0n) is 21.4. The minimum atomic E-state index is -6.32. The summed E-state index contributed by atoms with van der Waals surface area (Å²) in [7, 11) is -6.32. The van der Waals surface area contributed by atoms with Crippen molar-refractivity contribution in [3.63, 3.8) is 0 Å². The number of halogens is 3. The smallest absolute Gasteiger partial charge is 0.384 e. The number of esters is 2. The molecular weight excluding hydrogens is 597 g/mol. The van der Waals surface area contributed by atoms with Crippen LogP contribution in [-0.4, -0.2) is 73.6 Å². The Balaban J connectivity index is 1.60. The van der Waals surface area contributed by atoms with Gasteiger partial charge in [0.15, 0.2) is 17.2 Å². The van der Waals surface area contributed by atoms with Gasteiger partial charge in [-0.1, -0.05) is 13.8 Å². The summed E-state index contributed by atoms with van der Waals surface area (Å²) in [5, 5.41) is 21.1. The predicted octanol–water partition coefficient (Wildman–Crippen LogP) is 1.11. The zero-order valence-corrected chi connectivity index (χ0v) is 22.2. The Labute approximate surface area is 233 Å². The molecule has 0 N–H and O–H groups in total. The molecule has 42 heavy (non-hydrogen) atoms. The van der Waals surface area contributed by atoms with Crippen molar-refractivity contribution in [3.05, 3.63) is 57.7 Å². The van der Waals surface area contributed by atoms with E-state index in [9.17, 15) is 50.9 Å². The monoisotopic (exact) mass is 616 g/mol. The molecular formula is C22H19F3N6O10S. The number of benzene rings is 1. The average Bonchev–Trinajstić information content (AvgIpc) is 3.48. The highest BCUT2D eigenvalue weighted by molar-refractivity contribution is 7.87. The number of nitrogens with zero attached hydrogens (tertiary/aromatic N) is 6. The van der Waals surface area contributed by atoms with E-state index in [1.54, 1.807) is 0 Å². The molecule has 224 valence electrons. The molecule has 4 rings (SSSR count). The summed E-state index contributed by atoms with van der Waals surface area (Å²) in [6, 6.07) is 2.59. The fraction of sp³-hybridized carbons (Fsp3) is 0.409. The second-order valence-electron chi connectivity index (χ2n) is 9.42. The summed E-state index contributed by atoms with van der Waals surface area (Å²) in [6.45, 7) is 2.47. The number of fused-ring (bicyclic) bond motifs is 1. The van der Waals surface area contributed by atoms with Gasteiger partial charge >= 0.3 is 27.6 Å². The van der Waals surface area contributed by atoms with E-state index in [1.807, 2.05) is 0 Å². The Bertz CT molecular complexity index is 1590. The van der Waals surface area contributed by atoms with Gasteiger partial charge < -0.3 is 8.92 Å². The Morgan fingerprint density at radius 2 is 1.81 bits per heavy atom. The molecule has 0 aliphatic carbocycles. The third-order valence-corrected chi connectivity index (χ3v) is 7.62. The first-order valence-corrected chi connectivity index (χ1v) is 13.3. The Morgan fingerprint density at radius 1 is 1.17 bits per heavy atom. The normalized spacial score (nSPS) is 20.9. The highest BCUT2D eigenvalue weighted by Crippen LogP contribution is 2.50. The Hall–Kier alpha value is -4.75. The maximum atomic E-state index is 13.2. The topological polar surface area (TPSA) is 211 Å². The Morgan fingerprint density at radius 3 is 2.36 bits per heavy atom. The first kappa shape index (κ1) is 30.2. The number of ether oxygens (including phenoxy) is 1. The first-order chi connectivity index (χ1) is 19.5. The number of hydrogen-bond donors (Lipinski definition) is 0. The van der Waals surface area contributed by atoms with Gasteiger partial charge in [-0.3, -0.25) is 24.6 Å². The number of nitro groups is 1. The summed E-state index contributed by atoms with van der Waals surface area (Å²) in [4.78, 5) is 61.9. The standard InChI is InChI=1S/C22H19F3N6O10S/c1-10(7-14(32)8-29-9-26-27-28-29)15-16-11(2)18(41-42(38,39)22(23,24)25)17(30(16)19(15)33)21(35)40-20(34)12-3-5-13(6-4-12)31(36)37/h3-6,9-11,15-16H,7-8H2,1-2H3/t10?,11-,15-,16-/m1/s1. The van der Waals surface area contributed by atoms with Crippen molar-refractivity contribution in [3.8, 4) is 0 Å². The third kappa shape index (κ3) is 5.56. The largest absolute Gasteiger partial charge is 0.534 e. The van der Waals surface area contributed by atoms with E-state index in [1.165, 1.54) is 20.2 Å². The molecule has 0 bridgehead atoms. The number of carbonyl (C=O) groups excluding carboxylic acids is 4. The van der Waals surface area contributed by atoms with Gasteiger partial charge in [0, 0.05) is 24.5 Å².